The van der Waals surface area contributed by atoms with Crippen LogP contribution in [0.5, 0.6) is 0 Å². The highest BCUT2D eigenvalue weighted by Crippen LogP contribution is 2.23. The van der Waals surface area contributed by atoms with E-state index in [9.17, 15) is 0 Å². The highest BCUT2D eigenvalue weighted by atomic mass is 32.1. The van der Waals surface area contributed by atoms with Crippen LogP contribution >= 0.6 is 24.0 Å². The zero-order chi connectivity index (χ0) is 9.14. The van der Waals surface area contributed by atoms with E-state index in [1.807, 2.05) is 6.92 Å². The highest BCUT2D eigenvalue weighted by molar-refractivity contribution is 7.80. The zero-order valence-corrected chi connectivity index (χ0v) is 9.08. The number of hydrogen-bond donors (Lipinski definition) is 2. The van der Waals surface area contributed by atoms with E-state index in [4.69, 9.17) is 5.73 Å². The molecule has 1 aromatic heterocycles. The van der Waals surface area contributed by atoms with Crippen molar-refractivity contribution in [3.63, 3.8) is 0 Å². The minimum atomic E-state index is -0.00247. The van der Waals surface area contributed by atoms with Gasteiger partial charge in [-0.2, -0.15) is 12.6 Å². The minimum absolute atomic E-state index is 0.00247. The summed E-state index contributed by atoms with van der Waals surface area (Å²) in [6.07, 6.45) is 1.04. The van der Waals surface area contributed by atoms with Gasteiger partial charge in [0.05, 0.1) is 11.7 Å². The van der Waals surface area contributed by atoms with Crippen LogP contribution in [0.2, 0.25) is 0 Å². The second-order valence-corrected chi connectivity index (χ2v) is 4.18. The molecule has 1 heterocycles. The van der Waals surface area contributed by atoms with Gasteiger partial charge in [-0.15, -0.1) is 11.3 Å². The Morgan fingerprint density at radius 1 is 1.67 bits per heavy atom. The molecule has 0 aliphatic carbocycles. The topological polar surface area (TPSA) is 38.9 Å². The van der Waals surface area contributed by atoms with Crippen LogP contribution in [0.25, 0.3) is 0 Å². The van der Waals surface area contributed by atoms with Gasteiger partial charge in [0.2, 0.25) is 0 Å². The lowest BCUT2D eigenvalue weighted by Crippen LogP contribution is -2.11. The first-order chi connectivity index (χ1) is 5.69. The summed E-state index contributed by atoms with van der Waals surface area (Å²) in [5.41, 5.74) is 6.92. The van der Waals surface area contributed by atoms with E-state index < -0.39 is 0 Å². The molecular formula is C8H14N2S2. The Kier molecular flexibility index (Phi) is 3.55. The third-order valence-corrected chi connectivity index (χ3v) is 3.57. The lowest BCUT2D eigenvalue weighted by molar-refractivity contribution is 0.817. The van der Waals surface area contributed by atoms with Crippen LogP contribution in [0.4, 0.5) is 0 Å². The summed E-state index contributed by atoms with van der Waals surface area (Å²) in [7, 11) is 0. The number of aromatic nitrogens is 1. The minimum Gasteiger partial charge on any atom is -0.321 e. The highest BCUT2D eigenvalue weighted by Gasteiger charge is 2.11. The van der Waals surface area contributed by atoms with Crippen molar-refractivity contribution >= 4 is 24.0 Å². The Morgan fingerprint density at radius 3 is 2.75 bits per heavy atom. The SMILES string of the molecule is CCc1sc([C@@H](N)CS)nc1C. The summed E-state index contributed by atoms with van der Waals surface area (Å²) in [5, 5.41) is 1.01. The van der Waals surface area contributed by atoms with Crippen molar-refractivity contribution in [1.29, 1.82) is 0 Å². The van der Waals surface area contributed by atoms with Gasteiger partial charge in [0, 0.05) is 10.6 Å². The smallest absolute Gasteiger partial charge is 0.111 e. The molecule has 0 bridgehead atoms. The van der Waals surface area contributed by atoms with E-state index in [2.05, 4.69) is 24.5 Å². The molecule has 2 nitrogen and oxygen atoms in total. The lowest BCUT2D eigenvalue weighted by Gasteiger charge is -2.01. The third-order valence-electron chi connectivity index (χ3n) is 1.74. The van der Waals surface area contributed by atoms with Gasteiger partial charge in [-0.1, -0.05) is 6.92 Å². The summed E-state index contributed by atoms with van der Waals surface area (Å²) in [5.74, 6) is 0.663. The van der Waals surface area contributed by atoms with E-state index >= 15 is 0 Å². The Bertz CT molecular complexity index is 258. The molecule has 1 aromatic rings. The maximum absolute atomic E-state index is 5.80. The quantitative estimate of drug-likeness (QED) is 0.735. The molecule has 0 saturated heterocycles. The molecule has 0 aromatic carbocycles. The lowest BCUT2D eigenvalue weighted by atomic mass is 10.3. The fourth-order valence-electron chi connectivity index (χ4n) is 1.02. The van der Waals surface area contributed by atoms with Gasteiger partial charge >= 0.3 is 0 Å². The van der Waals surface area contributed by atoms with E-state index in [0.29, 0.717) is 5.75 Å². The molecule has 0 radical (unpaired) electrons. The fourth-order valence-corrected chi connectivity index (χ4v) is 2.32. The number of nitrogens with zero attached hydrogens (tertiary/aromatic N) is 1. The third kappa shape index (κ3) is 2.00. The fraction of sp³-hybridized carbons (Fsp3) is 0.625. The monoisotopic (exact) mass is 202 g/mol. The molecule has 4 heteroatoms. The van der Waals surface area contributed by atoms with E-state index in [0.717, 1.165) is 17.1 Å². The number of thiol groups is 1. The van der Waals surface area contributed by atoms with Gasteiger partial charge in [0.25, 0.3) is 0 Å². The number of hydrogen-bond acceptors (Lipinski definition) is 4. The summed E-state index contributed by atoms with van der Waals surface area (Å²) in [4.78, 5) is 5.73. The van der Waals surface area contributed by atoms with Gasteiger partial charge in [-0.3, -0.25) is 0 Å². The Balaban J connectivity index is 2.88. The summed E-state index contributed by atoms with van der Waals surface area (Å²) in [6.45, 7) is 4.17. The van der Waals surface area contributed by atoms with Crippen LogP contribution in [0.3, 0.4) is 0 Å². The van der Waals surface area contributed by atoms with Crippen LogP contribution in [0, 0.1) is 6.92 Å². The maximum atomic E-state index is 5.80. The van der Waals surface area contributed by atoms with Crippen molar-refractivity contribution in [2.24, 2.45) is 5.73 Å². The van der Waals surface area contributed by atoms with Crippen molar-refractivity contribution in [1.82, 2.24) is 4.98 Å². The summed E-state index contributed by atoms with van der Waals surface area (Å²) < 4.78 is 0. The number of thiazole rings is 1. The van der Waals surface area contributed by atoms with Gasteiger partial charge in [-0.25, -0.2) is 4.98 Å². The molecule has 68 valence electrons. The number of aryl methyl sites for hydroxylation is 2. The molecule has 0 aliphatic heterocycles. The first kappa shape index (κ1) is 10.0. The molecule has 12 heavy (non-hydrogen) atoms. The molecule has 0 amide bonds. The molecular weight excluding hydrogens is 188 g/mol. The standard InChI is InChI=1S/C8H14N2S2/c1-3-7-5(2)10-8(12-7)6(9)4-11/h6,11H,3-4,9H2,1-2H3/t6-/m0/s1. The molecule has 0 saturated carbocycles. The van der Waals surface area contributed by atoms with Crippen LogP contribution in [0.1, 0.15) is 28.5 Å². The van der Waals surface area contributed by atoms with Crippen LogP contribution in [-0.2, 0) is 6.42 Å². The molecule has 1 rings (SSSR count). The largest absolute Gasteiger partial charge is 0.321 e. The molecule has 1 atom stereocenters. The molecule has 2 N–H and O–H groups in total. The first-order valence-electron chi connectivity index (χ1n) is 4.01. The van der Waals surface area contributed by atoms with Gasteiger partial charge < -0.3 is 5.73 Å². The number of rotatable bonds is 3. The average Bonchev–Trinajstić information content (AvgIpc) is 2.45. The van der Waals surface area contributed by atoms with Gasteiger partial charge in [0.15, 0.2) is 0 Å². The molecule has 0 spiro atoms. The van der Waals surface area contributed by atoms with Crippen LogP contribution in [0.15, 0.2) is 0 Å². The van der Waals surface area contributed by atoms with Crippen molar-refractivity contribution in [2.45, 2.75) is 26.3 Å². The van der Waals surface area contributed by atoms with Crippen molar-refractivity contribution in [3.8, 4) is 0 Å². The second kappa shape index (κ2) is 4.25. The van der Waals surface area contributed by atoms with E-state index in [1.165, 1.54) is 4.88 Å². The van der Waals surface area contributed by atoms with Gasteiger partial charge in [-0.05, 0) is 13.3 Å². The predicted octanol–water partition coefficient (Wildman–Crippen LogP) is 1.94. The second-order valence-electron chi connectivity index (χ2n) is 2.70. The van der Waals surface area contributed by atoms with Crippen LogP contribution < -0.4 is 5.73 Å². The van der Waals surface area contributed by atoms with E-state index in [-0.39, 0.29) is 6.04 Å². The molecule has 0 unspecified atom stereocenters. The van der Waals surface area contributed by atoms with Gasteiger partial charge in [0.1, 0.15) is 5.01 Å². The average molecular weight is 202 g/mol. The Morgan fingerprint density at radius 2 is 2.33 bits per heavy atom. The van der Waals surface area contributed by atoms with Crippen molar-refractivity contribution in [2.75, 3.05) is 5.75 Å². The molecule has 0 aliphatic rings. The zero-order valence-electron chi connectivity index (χ0n) is 7.37. The first-order valence-corrected chi connectivity index (χ1v) is 5.46. The van der Waals surface area contributed by atoms with Crippen molar-refractivity contribution < 1.29 is 0 Å². The van der Waals surface area contributed by atoms with Crippen LogP contribution in [-0.4, -0.2) is 10.7 Å². The summed E-state index contributed by atoms with van der Waals surface area (Å²) in [6, 6.07) is -0.00247. The Hall–Kier alpha value is -0.0600. The maximum Gasteiger partial charge on any atom is 0.111 e. The predicted molar refractivity (Wildman–Crippen MR) is 57.0 cm³/mol. The summed E-state index contributed by atoms with van der Waals surface area (Å²) >= 11 is 5.85. The van der Waals surface area contributed by atoms with E-state index in [1.54, 1.807) is 11.3 Å². The Labute approximate surface area is 82.6 Å². The molecule has 0 fully saturated rings. The number of nitrogens with two attached hydrogens (primary N) is 1. The normalized spacial score (nSPS) is 13.3. The van der Waals surface area contributed by atoms with Crippen molar-refractivity contribution in [3.05, 3.63) is 15.6 Å².